The minimum atomic E-state index is -1.42. The molecular formula is C13H14O5. The van der Waals surface area contributed by atoms with E-state index in [-0.39, 0.29) is 12.2 Å². The Kier molecular flexibility index (Phi) is 2.98. The molecule has 1 aromatic carbocycles. The van der Waals surface area contributed by atoms with E-state index in [2.05, 4.69) is 0 Å². The van der Waals surface area contributed by atoms with Crippen molar-refractivity contribution in [2.45, 2.75) is 31.1 Å². The van der Waals surface area contributed by atoms with Crippen LogP contribution in [0.2, 0.25) is 0 Å². The molecule has 0 radical (unpaired) electrons. The van der Waals surface area contributed by atoms with Crippen LogP contribution in [0.1, 0.15) is 30.4 Å². The first kappa shape index (κ1) is 12.4. The van der Waals surface area contributed by atoms with Gasteiger partial charge in [0.2, 0.25) is 0 Å². The number of hydrogen-bond donors (Lipinski definition) is 3. The average molecular weight is 250 g/mol. The molecule has 0 bridgehead atoms. The first-order chi connectivity index (χ1) is 8.45. The molecule has 18 heavy (non-hydrogen) atoms. The molecule has 0 amide bonds. The third-order valence-corrected chi connectivity index (χ3v) is 3.52. The molecule has 0 fully saturated rings. The Balaban J connectivity index is 2.59. The number of carboxylic acids is 2. The number of phenolic OH excluding ortho intramolecular Hbond substituents is 1. The van der Waals surface area contributed by atoms with Crippen LogP contribution in [-0.4, -0.2) is 27.3 Å². The van der Waals surface area contributed by atoms with Gasteiger partial charge in [-0.25, -0.2) is 0 Å². The van der Waals surface area contributed by atoms with Crippen LogP contribution in [0, 0.1) is 0 Å². The van der Waals surface area contributed by atoms with Gasteiger partial charge in [-0.05, 0) is 42.5 Å². The predicted molar refractivity (Wildman–Crippen MR) is 62.6 cm³/mol. The van der Waals surface area contributed by atoms with Gasteiger partial charge in [-0.15, -0.1) is 0 Å². The van der Waals surface area contributed by atoms with Crippen molar-refractivity contribution in [2.75, 3.05) is 0 Å². The van der Waals surface area contributed by atoms with Crippen LogP contribution in [0.4, 0.5) is 0 Å². The SMILES string of the molecule is O=C(O)C[C@@]1(C(=O)O)CCCc2ccc(O)cc21. The topological polar surface area (TPSA) is 94.8 Å². The zero-order valence-electron chi connectivity index (χ0n) is 9.72. The van der Waals surface area contributed by atoms with Gasteiger partial charge in [-0.3, -0.25) is 9.59 Å². The Bertz CT molecular complexity index is 508. The molecule has 1 atom stereocenters. The molecule has 3 N–H and O–H groups in total. The molecule has 1 aromatic rings. The van der Waals surface area contributed by atoms with Gasteiger partial charge in [0.1, 0.15) is 11.2 Å². The molecule has 0 aromatic heterocycles. The summed E-state index contributed by atoms with van der Waals surface area (Å²) in [6.45, 7) is 0. The lowest BCUT2D eigenvalue weighted by Gasteiger charge is -2.34. The van der Waals surface area contributed by atoms with Gasteiger partial charge in [0, 0.05) is 0 Å². The van der Waals surface area contributed by atoms with E-state index < -0.39 is 23.8 Å². The standard InChI is InChI=1S/C13H14O5/c14-9-4-3-8-2-1-5-13(12(17)18,7-11(15)16)10(8)6-9/h3-4,6,14H,1-2,5,7H2,(H,15,16)(H,17,18)/t13-/m0/s1. The predicted octanol–water partition coefficient (Wildman–Crippen LogP) is 1.53. The van der Waals surface area contributed by atoms with E-state index in [1.165, 1.54) is 12.1 Å². The summed E-state index contributed by atoms with van der Waals surface area (Å²) in [6, 6.07) is 4.55. The third-order valence-electron chi connectivity index (χ3n) is 3.52. The Morgan fingerprint density at radius 1 is 1.28 bits per heavy atom. The number of rotatable bonds is 3. The van der Waals surface area contributed by atoms with Crippen LogP contribution in [0.15, 0.2) is 18.2 Å². The van der Waals surface area contributed by atoms with Crippen molar-refractivity contribution in [3.05, 3.63) is 29.3 Å². The van der Waals surface area contributed by atoms with Crippen LogP contribution in [0.5, 0.6) is 5.75 Å². The molecule has 0 unspecified atom stereocenters. The van der Waals surface area contributed by atoms with E-state index in [4.69, 9.17) is 5.11 Å². The first-order valence-corrected chi connectivity index (χ1v) is 5.73. The number of phenols is 1. The molecule has 5 nitrogen and oxygen atoms in total. The normalized spacial score (nSPS) is 22.2. The molecule has 0 heterocycles. The maximum atomic E-state index is 11.5. The van der Waals surface area contributed by atoms with Gasteiger partial charge in [0.15, 0.2) is 0 Å². The van der Waals surface area contributed by atoms with E-state index in [9.17, 15) is 19.8 Å². The largest absolute Gasteiger partial charge is 0.508 e. The quantitative estimate of drug-likeness (QED) is 0.756. The number of fused-ring (bicyclic) bond motifs is 1. The van der Waals surface area contributed by atoms with Gasteiger partial charge in [0.05, 0.1) is 6.42 Å². The molecule has 0 saturated carbocycles. The maximum Gasteiger partial charge on any atom is 0.314 e. The highest BCUT2D eigenvalue weighted by molar-refractivity contribution is 5.88. The zero-order chi connectivity index (χ0) is 13.3. The second-order valence-corrected chi connectivity index (χ2v) is 4.65. The van der Waals surface area contributed by atoms with E-state index in [0.717, 1.165) is 5.56 Å². The second kappa shape index (κ2) is 4.33. The third kappa shape index (κ3) is 1.92. The lowest BCUT2D eigenvalue weighted by Crippen LogP contribution is -2.41. The van der Waals surface area contributed by atoms with Crippen LogP contribution in [0.3, 0.4) is 0 Å². The minimum Gasteiger partial charge on any atom is -0.508 e. The smallest absolute Gasteiger partial charge is 0.314 e. The van der Waals surface area contributed by atoms with E-state index >= 15 is 0 Å². The van der Waals surface area contributed by atoms with Crippen molar-refractivity contribution >= 4 is 11.9 Å². The van der Waals surface area contributed by atoms with E-state index in [0.29, 0.717) is 18.4 Å². The maximum absolute atomic E-state index is 11.5. The molecule has 2 rings (SSSR count). The summed E-state index contributed by atoms with van der Waals surface area (Å²) in [5.41, 5.74) is -0.177. The van der Waals surface area contributed by atoms with Crippen molar-refractivity contribution in [1.29, 1.82) is 0 Å². The van der Waals surface area contributed by atoms with Crippen LogP contribution in [-0.2, 0) is 21.4 Å². The first-order valence-electron chi connectivity index (χ1n) is 5.73. The summed E-state index contributed by atoms with van der Waals surface area (Å²) >= 11 is 0. The van der Waals surface area contributed by atoms with Crippen molar-refractivity contribution in [2.24, 2.45) is 0 Å². The Hall–Kier alpha value is -2.04. The Morgan fingerprint density at radius 3 is 2.61 bits per heavy atom. The minimum absolute atomic E-state index is 0.0355. The summed E-state index contributed by atoms with van der Waals surface area (Å²) in [4.78, 5) is 22.5. The zero-order valence-corrected chi connectivity index (χ0v) is 9.72. The summed E-state index contributed by atoms with van der Waals surface area (Å²) in [5, 5.41) is 27.9. The Labute approximate surface area is 104 Å². The number of carbonyl (C=O) groups is 2. The lowest BCUT2D eigenvalue weighted by molar-refractivity contribution is -0.151. The second-order valence-electron chi connectivity index (χ2n) is 4.65. The van der Waals surface area contributed by atoms with Gasteiger partial charge in [-0.1, -0.05) is 6.07 Å². The number of hydrogen-bond acceptors (Lipinski definition) is 3. The highest BCUT2D eigenvalue weighted by Gasteiger charge is 2.45. The fourth-order valence-electron chi connectivity index (χ4n) is 2.68. The molecule has 0 spiro atoms. The Morgan fingerprint density at radius 2 is 2.00 bits per heavy atom. The number of aryl methyl sites for hydroxylation is 1. The summed E-state index contributed by atoms with van der Waals surface area (Å²) in [7, 11) is 0. The van der Waals surface area contributed by atoms with Crippen LogP contribution >= 0.6 is 0 Å². The summed E-state index contributed by atoms with van der Waals surface area (Å²) in [6.07, 6.45) is 1.17. The number of aliphatic carboxylic acids is 2. The molecule has 5 heteroatoms. The van der Waals surface area contributed by atoms with Crippen molar-refractivity contribution < 1.29 is 24.9 Å². The summed E-state index contributed by atoms with van der Waals surface area (Å²) in [5.74, 6) is -2.32. The molecule has 1 aliphatic rings. The molecule has 96 valence electrons. The fraction of sp³-hybridized carbons (Fsp3) is 0.385. The monoisotopic (exact) mass is 250 g/mol. The van der Waals surface area contributed by atoms with Gasteiger partial charge >= 0.3 is 11.9 Å². The van der Waals surface area contributed by atoms with E-state index in [1.54, 1.807) is 6.07 Å². The van der Waals surface area contributed by atoms with Gasteiger partial charge < -0.3 is 15.3 Å². The lowest BCUT2D eigenvalue weighted by atomic mass is 9.68. The van der Waals surface area contributed by atoms with E-state index in [1.807, 2.05) is 0 Å². The number of aromatic hydroxyl groups is 1. The number of carboxylic acid groups (broad SMARTS) is 2. The van der Waals surface area contributed by atoms with Crippen LogP contribution in [0.25, 0.3) is 0 Å². The fourth-order valence-corrected chi connectivity index (χ4v) is 2.68. The van der Waals surface area contributed by atoms with Gasteiger partial charge in [-0.2, -0.15) is 0 Å². The highest BCUT2D eigenvalue weighted by atomic mass is 16.4. The van der Waals surface area contributed by atoms with Gasteiger partial charge in [0.25, 0.3) is 0 Å². The van der Waals surface area contributed by atoms with Crippen molar-refractivity contribution in [1.82, 2.24) is 0 Å². The van der Waals surface area contributed by atoms with Crippen molar-refractivity contribution in [3.8, 4) is 5.75 Å². The molecule has 0 saturated heterocycles. The molecule has 1 aliphatic carbocycles. The summed E-state index contributed by atoms with van der Waals surface area (Å²) < 4.78 is 0. The van der Waals surface area contributed by atoms with Crippen molar-refractivity contribution in [3.63, 3.8) is 0 Å². The highest BCUT2D eigenvalue weighted by Crippen LogP contribution is 2.41. The van der Waals surface area contributed by atoms with Crippen LogP contribution < -0.4 is 0 Å². The molecular weight excluding hydrogens is 236 g/mol. The average Bonchev–Trinajstić information content (AvgIpc) is 2.29. The number of benzene rings is 1. The molecule has 0 aliphatic heterocycles.